The largest absolute Gasteiger partial charge is 0.347 e. The van der Waals surface area contributed by atoms with Crippen LogP contribution in [0.1, 0.15) is 22.6 Å². The Morgan fingerprint density at radius 2 is 2.19 bits per heavy atom. The van der Waals surface area contributed by atoms with Crippen molar-refractivity contribution < 1.29 is 9.18 Å². The lowest BCUT2D eigenvalue weighted by Crippen LogP contribution is -2.41. The molecule has 1 atom stereocenters. The average Bonchev–Trinajstić information content (AvgIpc) is 2.90. The average molecular weight is 328 g/mol. The van der Waals surface area contributed by atoms with Gasteiger partial charge in [-0.15, -0.1) is 0 Å². The van der Waals surface area contributed by atoms with Crippen LogP contribution in [0.3, 0.4) is 0 Å². The van der Waals surface area contributed by atoms with Crippen LogP contribution in [0.2, 0.25) is 10.0 Å². The van der Waals surface area contributed by atoms with Crippen molar-refractivity contribution in [3.05, 3.63) is 51.8 Å². The van der Waals surface area contributed by atoms with Crippen LogP contribution in [-0.2, 0) is 13.0 Å². The van der Waals surface area contributed by atoms with E-state index in [0.717, 1.165) is 24.7 Å². The molecule has 1 N–H and O–H groups in total. The van der Waals surface area contributed by atoms with Gasteiger partial charge in [0.15, 0.2) is 0 Å². The maximum Gasteiger partial charge on any atom is 0.253 e. The minimum atomic E-state index is -0.660. The Balaban J connectivity index is 1.74. The maximum atomic E-state index is 13.5. The van der Waals surface area contributed by atoms with Gasteiger partial charge >= 0.3 is 0 Å². The molecule has 0 spiro atoms. The molecule has 0 radical (unpaired) electrons. The van der Waals surface area contributed by atoms with E-state index in [1.54, 1.807) is 6.20 Å². The van der Waals surface area contributed by atoms with Crippen LogP contribution in [0.25, 0.3) is 0 Å². The standard InChI is InChI=1S/C14H12Cl2FN3O/c15-10-6-11(16)12(17)5-9(10)14(21)19-8-1-2-13-18-3-4-20(13)7-8/h3-6,8H,1-2,7H2,(H,19,21)/t8-/m1/s1. The van der Waals surface area contributed by atoms with Gasteiger partial charge in [0.2, 0.25) is 0 Å². The molecule has 2 aromatic rings. The Kier molecular flexibility index (Phi) is 3.87. The predicted octanol–water partition coefficient (Wildman–Crippen LogP) is 3.07. The fourth-order valence-corrected chi connectivity index (χ4v) is 2.91. The summed E-state index contributed by atoms with van der Waals surface area (Å²) >= 11 is 11.6. The van der Waals surface area contributed by atoms with E-state index in [9.17, 15) is 9.18 Å². The number of aryl methyl sites for hydroxylation is 1. The Morgan fingerprint density at radius 1 is 1.38 bits per heavy atom. The summed E-state index contributed by atoms with van der Waals surface area (Å²) in [4.78, 5) is 16.4. The number of halogens is 3. The zero-order valence-electron chi connectivity index (χ0n) is 10.9. The van der Waals surface area contributed by atoms with Crippen molar-refractivity contribution in [3.8, 4) is 0 Å². The summed E-state index contributed by atoms with van der Waals surface area (Å²) < 4.78 is 15.5. The second kappa shape index (κ2) is 5.66. The normalized spacial score (nSPS) is 17.4. The Bertz CT molecular complexity index is 702. The van der Waals surface area contributed by atoms with Gasteiger partial charge in [-0.3, -0.25) is 4.79 Å². The number of nitrogens with one attached hydrogen (secondary N) is 1. The van der Waals surface area contributed by atoms with Crippen molar-refractivity contribution in [2.75, 3.05) is 0 Å². The van der Waals surface area contributed by atoms with Crippen molar-refractivity contribution in [2.24, 2.45) is 0 Å². The third-order valence-electron chi connectivity index (χ3n) is 3.53. The van der Waals surface area contributed by atoms with E-state index in [0.29, 0.717) is 6.54 Å². The topological polar surface area (TPSA) is 46.9 Å². The summed E-state index contributed by atoms with van der Waals surface area (Å²) in [7, 11) is 0. The molecule has 1 aliphatic rings. The van der Waals surface area contributed by atoms with E-state index >= 15 is 0 Å². The van der Waals surface area contributed by atoms with Gasteiger partial charge < -0.3 is 9.88 Å². The third kappa shape index (κ3) is 2.89. The van der Waals surface area contributed by atoms with E-state index < -0.39 is 11.7 Å². The highest BCUT2D eigenvalue weighted by Crippen LogP contribution is 2.24. The molecule has 2 heterocycles. The second-order valence-electron chi connectivity index (χ2n) is 4.95. The number of carbonyl (C=O) groups is 1. The number of hydrogen-bond acceptors (Lipinski definition) is 2. The summed E-state index contributed by atoms with van der Waals surface area (Å²) in [5.41, 5.74) is 0.0926. The minimum Gasteiger partial charge on any atom is -0.347 e. The predicted molar refractivity (Wildman–Crippen MR) is 78.2 cm³/mol. The highest BCUT2D eigenvalue weighted by atomic mass is 35.5. The van der Waals surface area contributed by atoms with Gasteiger partial charge in [-0.25, -0.2) is 9.37 Å². The highest BCUT2D eigenvalue weighted by Gasteiger charge is 2.22. The van der Waals surface area contributed by atoms with E-state index in [1.807, 2.05) is 10.8 Å². The number of carbonyl (C=O) groups excluding carboxylic acids is 1. The van der Waals surface area contributed by atoms with Crippen LogP contribution < -0.4 is 5.32 Å². The molecular weight excluding hydrogens is 316 g/mol. The Morgan fingerprint density at radius 3 is 3.00 bits per heavy atom. The summed E-state index contributed by atoms with van der Waals surface area (Å²) in [6.07, 6.45) is 5.20. The van der Waals surface area contributed by atoms with Gasteiger partial charge in [0.1, 0.15) is 11.6 Å². The van der Waals surface area contributed by atoms with Crippen molar-refractivity contribution >= 4 is 29.1 Å². The van der Waals surface area contributed by atoms with Crippen LogP contribution >= 0.6 is 23.2 Å². The van der Waals surface area contributed by atoms with Crippen molar-refractivity contribution in [1.82, 2.24) is 14.9 Å². The first-order chi connectivity index (χ1) is 10.0. The lowest BCUT2D eigenvalue weighted by Gasteiger charge is -2.25. The lowest BCUT2D eigenvalue weighted by molar-refractivity contribution is 0.0927. The first-order valence-electron chi connectivity index (χ1n) is 6.50. The molecule has 0 saturated carbocycles. The van der Waals surface area contributed by atoms with Crippen LogP contribution in [0.15, 0.2) is 24.5 Å². The van der Waals surface area contributed by atoms with E-state index in [-0.39, 0.29) is 21.7 Å². The van der Waals surface area contributed by atoms with Gasteiger partial charge in [0, 0.05) is 31.4 Å². The number of benzene rings is 1. The summed E-state index contributed by atoms with van der Waals surface area (Å²) in [6, 6.07) is 2.27. The molecule has 0 aliphatic carbocycles. The SMILES string of the molecule is O=C(N[C@@H]1CCc2nccn2C1)c1cc(F)c(Cl)cc1Cl. The molecule has 110 valence electrons. The van der Waals surface area contributed by atoms with Gasteiger partial charge in [-0.05, 0) is 18.6 Å². The first-order valence-corrected chi connectivity index (χ1v) is 7.25. The molecule has 0 bridgehead atoms. The fraction of sp³-hybridized carbons (Fsp3) is 0.286. The minimum absolute atomic E-state index is 0.0333. The van der Waals surface area contributed by atoms with Gasteiger partial charge in [-0.1, -0.05) is 23.2 Å². The molecule has 1 aliphatic heterocycles. The Labute approximate surface area is 130 Å². The lowest BCUT2D eigenvalue weighted by atomic mass is 10.1. The molecule has 7 heteroatoms. The molecule has 0 fully saturated rings. The number of aromatic nitrogens is 2. The summed E-state index contributed by atoms with van der Waals surface area (Å²) in [6.45, 7) is 0.648. The molecule has 0 unspecified atom stereocenters. The molecule has 0 saturated heterocycles. The van der Waals surface area contributed by atoms with E-state index in [2.05, 4.69) is 10.3 Å². The number of imidazole rings is 1. The Hall–Kier alpha value is -1.59. The van der Waals surface area contributed by atoms with Crippen LogP contribution in [0, 0.1) is 5.82 Å². The summed E-state index contributed by atoms with van der Waals surface area (Å²) in [5.74, 6) is -0.0491. The summed E-state index contributed by atoms with van der Waals surface area (Å²) in [5, 5.41) is 2.91. The number of amides is 1. The number of nitrogens with zero attached hydrogens (tertiary/aromatic N) is 2. The highest BCUT2D eigenvalue weighted by molar-refractivity contribution is 6.36. The third-order valence-corrected chi connectivity index (χ3v) is 4.13. The van der Waals surface area contributed by atoms with Crippen LogP contribution in [-0.4, -0.2) is 21.5 Å². The van der Waals surface area contributed by atoms with Gasteiger partial charge in [0.25, 0.3) is 5.91 Å². The molecular formula is C14H12Cl2FN3O. The zero-order valence-corrected chi connectivity index (χ0v) is 12.5. The van der Waals surface area contributed by atoms with Crippen molar-refractivity contribution in [2.45, 2.75) is 25.4 Å². The monoisotopic (exact) mass is 327 g/mol. The molecule has 1 aromatic carbocycles. The smallest absolute Gasteiger partial charge is 0.253 e. The molecule has 3 rings (SSSR count). The maximum absolute atomic E-state index is 13.5. The number of fused-ring (bicyclic) bond motifs is 1. The molecule has 4 nitrogen and oxygen atoms in total. The van der Waals surface area contributed by atoms with Crippen LogP contribution in [0.4, 0.5) is 4.39 Å². The van der Waals surface area contributed by atoms with E-state index in [1.165, 1.54) is 6.07 Å². The number of rotatable bonds is 2. The van der Waals surface area contributed by atoms with E-state index in [4.69, 9.17) is 23.2 Å². The van der Waals surface area contributed by atoms with Gasteiger partial charge in [0.05, 0.1) is 15.6 Å². The molecule has 21 heavy (non-hydrogen) atoms. The quantitative estimate of drug-likeness (QED) is 0.861. The molecule has 1 amide bonds. The zero-order chi connectivity index (χ0) is 15.0. The van der Waals surface area contributed by atoms with Crippen LogP contribution in [0.5, 0.6) is 0 Å². The van der Waals surface area contributed by atoms with Gasteiger partial charge in [-0.2, -0.15) is 0 Å². The second-order valence-corrected chi connectivity index (χ2v) is 5.77. The van der Waals surface area contributed by atoms with Crippen molar-refractivity contribution in [1.29, 1.82) is 0 Å². The molecule has 1 aromatic heterocycles. The van der Waals surface area contributed by atoms with Crippen molar-refractivity contribution in [3.63, 3.8) is 0 Å². The number of hydrogen-bond donors (Lipinski definition) is 1. The first kappa shape index (κ1) is 14.4. The fourth-order valence-electron chi connectivity index (χ4n) is 2.44.